The molecule has 3 heterocycles. The van der Waals surface area contributed by atoms with Crippen molar-refractivity contribution in [2.45, 2.75) is 32.4 Å². The summed E-state index contributed by atoms with van der Waals surface area (Å²) in [5.74, 6) is 0.535. The number of rotatable bonds is 4. The molecule has 2 fully saturated rings. The molecule has 7 nitrogen and oxygen atoms in total. The highest BCUT2D eigenvalue weighted by molar-refractivity contribution is 6.04. The van der Waals surface area contributed by atoms with Gasteiger partial charge < -0.3 is 26.8 Å². The van der Waals surface area contributed by atoms with E-state index in [0.29, 0.717) is 28.9 Å². The highest BCUT2D eigenvalue weighted by atomic mass is 16.3. The first-order chi connectivity index (χ1) is 15.3. The molecule has 5 rings (SSSR count). The van der Waals surface area contributed by atoms with Crippen LogP contribution < -0.4 is 21.7 Å². The summed E-state index contributed by atoms with van der Waals surface area (Å²) < 4.78 is 0. The van der Waals surface area contributed by atoms with Crippen molar-refractivity contribution in [3.63, 3.8) is 0 Å². The number of phenols is 1. The first-order valence-corrected chi connectivity index (χ1v) is 10.8. The molecule has 1 aromatic heterocycles. The van der Waals surface area contributed by atoms with E-state index in [-0.39, 0.29) is 11.3 Å². The lowest BCUT2D eigenvalue weighted by Crippen LogP contribution is -2.68. The number of pyridine rings is 1. The molecule has 2 aliphatic rings. The van der Waals surface area contributed by atoms with Crippen LogP contribution in [0.25, 0.3) is 22.3 Å². The Bertz CT molecular complexity index is 1230. The Hall–Kier alpha value is -3.58. The van der Waals surface area contributed by atoms with Crippen molar-refractivity contribution in [1.29, 1.82) is 0 Å². The van der Waals surface area contributed by atoms with Gasteiger partial charge in [0.15, 0.2) is 0 Å². The van der Waals surface area contributed by atoms with Crippen LogP contribution in [0, 0.1) is 13.8 Å². The molecular formula is C25H27N5O2. The number of aromatic nitrogens is 1. The summed E-state index contributed by atoms with van der Waals surface area (Å²) in [6, 6.07) is 12.1. The number of aryl methyl sites for hydroxylation is 1. The van der Waals surface area contributed by atoms with Crippen molar-refractivity contribution in [1.82, 2.24) is 10.3 Å². The minimum absolute atomic E-state index is 0.181. The number of hydrogen-bond acceptors (Lipinski definition) is 6. The fraction of sp³-hybridized carbons (Fsp3) is 0.280. The molecule has 2 bridgehead atoms. The second-order valence-corrected chi connectivity index (χ2v) is 8.76. The topological polar surface area (TPSA) is 118 Å². The summed E-state index contributed by atoms with van der Waals surface area (Å²) in [5, 5.41) is 13.7. The van der Waals surface area contributed by atoms with Crippen molar-refractivity contribution < 1.29 is 9.90 Å². The van der Waals surface area contributed by atoms with Gasteiger partial charge >= 0.3 is 0 Å². The average Bonchev–Trinajstić information content (AvgIpc) is 2.78. The van der Waals surface area contributed by atoms with E-state index < -0.39 is 5.91 Å². The first-order valence-electron chi connectivity index (χ1n) is 10.8. The van der Waals surface area contributed by atoms with Crippen LogP contribution >= 0.6 is 0 Å². The van der Waals surface area contributed by atoms with Crippen molar-refractivity contribution in [2.24, 2.45) is 5.73 Å². The standard InChI is InChI=1S/C25H27N5O2/c1-13-3-4-21(31)14(2)23(13)19-7-16(8-20(24(19)26)25(27)32)15-5-6-29-22(9-15)30-17-10-18(30)12-28-11-17/h3-9,17-18,28,31H,10-12,26H2,1-2H3,(H2,27,32). The number of nitrogens with two attached hydrogens (primary N) is 2. The number of carbonyl (C=O) groups excluding carboxylic acids is 1. The third-order valence-corrected chi connectivity index (χ3v) is 6.79. The van der Waals surface area contributed by atoms with Crippen LogP contribution in [-0.2, 0) is 0 Å². The van der Waals surface area contributed by atoms with E-state index in [0.717, 1.165) is 41.2 Å². The zero-order chi connectivity index (χ0) is 22.6. The fourth-order valence-electron chi connectivity index (χ4n) is 5.08. The van der Waals surface area contributed by atoms with Gasteiger partial charge in [-0.3, -0.25) is 4.79 Å². The molecule has 2 aromatic carbocycles. The van der Waals surface area contributed by atoms with Crippen LogP contribution in [0.15, 0.2) is 42.6 Å². The van der Waals surface area contributed by atoms with Crippen molar-refractivity contribution in [3.8, 4) is 28.0 Å². The predicted octanol–water partition coefficient (Wildman–Crippen LogP) is 2.97. The first kappa shape index (κ1) is 20.3. The van der Waals surface area contributed by atoms with Gasteiger partial charge in [0.25, 0.3) is 5.91 Å². The number of aromatic hydroxyl groups is 1. The number of phenolic OH excluding ortho intramolecular Hbond substituents is 1. The molecule has 0 aliphatic carbocycles. The van der Waals surface area contributed by atoms with Gasteiger partial charge in [-0.05, 0) is 78.4 Å². The van der Waals surface area contributed by atoms with E-state index in [1.165, 1.54) is 6.42 Å². The van der Waals surface area contributed by atoms with Gasteiger partial charge in [-0.1, -0.05) is 6.07 Å². The number of hydrogen-bond donors (Lipinski definition) is 4. The second-order valence-electron chi connectivity index (χ2n) is 8.76. The Labute approximate surface area is 187 Å². The number of nitrogens with zero attached hydrogens (tertiary/aromatic N) is 2. The van der Waals surface area contributed by atoms with Gasteiger partial charge in [0, 0.05) is 36.9 Å². The fourth-order valence-corrected chi connectivity index (χ4v) is 5.08. The van der Waals surface area contributed by atoms with Gasteiger partial charge in [0.05, 0.1) is 11.3 Å². The maximum atomic E-state index is 12.3. The largest absolute Gasteiger partial charge is 0.508 e. The van der Waals surface area contributed by atoms with Crippen LogP contribution in [0.1, 0.15) is 27.9 Å². The van der Waals surface area contributed by atoms with Crippen molar-refractivity contribution in [3.05, 3.63) is 59.3 Å². The van der Waals surface area contributed by atoms with Crippen LogP contribution in [-0.4, -0.2) is 41.2 Å². The lowest BCUT2D eigenvalue weighted by atomic mass is 9.88. The summed E-state index contributed by atoms with van der Waals surface area (Å²) in [6.07, 6.45) is 2.99. The highest BCUT2D eigenvalue weighted by Crippen LogP contribution is 2.41. The van der Waals surface area contributed by atoms with Crippen molar-refractivity contribution >= 4 is 17.4 Å². The number of benzene rings is 2. The summed E-state index contributed by atoms with van der Waals surface area (Å²) in [5.41, 5.74) is 17.6. The van der Waals surface area contributed by atoms with E-state index in [4.69, 9.17) is 11.5 Å². The molecule has 164 valence electrons. The Morgan fingerprint density at radius 2 is 1.88 bits per heavy atom. The predicted molar refractivity (Wildman–Crippen MR) is 127 cm³/mol. The lowest BCUT2D eigenvalue weighted by Gasteiger charge is -2.53. The average molecular weight is 430 g/mol. The number of fused-ring (bicyclic) bond motifs is 2. The number of piperazine rings is 1. The van der Waals surface area contributed by atoms with Gasteiger partial charge in [0.2, 0.25) is 0 Å². The molecule has 0 spiro atoms. The number of nitrogen functional groups attached to an aromatic ring is 1. The summed E-state index contributed by atoms with van der Waals surface area (Å²) >= 11 is 0. The third kappa shape index (κ3) is 3.17. The third-order valence-electron chi connectivity index (χ3n) is 6.79. The monoisotopic (exact) mass is 429 g/mol. The number of nitrogens with one attached hydrogen (secondary N) is 1. The number of primary amides is 1. The van der Waals surface area contributed by atoms with E-state index in [9.17, 15) is 9.90 Å². The lowest BCUT2D eigenvalue weighted by molar-refractivity contribution is 0.100. The van der Waals surface area contributed by atoms with Crippen LogP contribution in [0.3, 0.4) is 0 Å². The molecule has 1 amide bonds. The molecule has 2 aliphatic heterocycles. The minimum atomic E-state index is -0.585. The number of amides is 1. The number of carbonyl (C=O) groups is 1. The molecular weight excluding hydrogens is 402 g/mol. The maximum absolute atomic E-state index is 12.3. The molecule has 7 heteroatoms. The molecule has 0 saturated carbocycles. The smallest absolute Gasteiger partial charge is 0.250 e. The number of piperidine rings is 1. The SMILES string of the molecule is Cc1ccc(O)c(C)c1-c1cc(-c2ccnc(N3C4CNCC3C4)c2)cc(C(N)=O)c1N. The Kier molecular flexibility index (Phi) is 4.78. The molecule has 6 N–H and O–H groups in total. The zero-order valence-corrected chi connectivity index (χ0v) is 18.2. The van der Waals surface area contributed by atoms with Gasteiger partial charge in [0.1, 0.15) is 11.6 Å². The summed E-state index contributed by atoms with van der Waals surface area (Å²) in [4.78, 5) is 19.2. The molecule has 0 radical (unpaired) electrons. The van der Waals surface area contributed by atoms with E-state index in [1.807, 2.05) is 32.0 Å². The Morgan fingerprint density at radius 3 is 2.56 bits per heavy atom. The maximum Gasteiger partial charge on any atom is 0.250 e. The Morgan fingerprint density at radius 1 is 1.12 bits per heavy atom. The summed E-state index contributed by atoms with van der Waals surface area (Å²) in [6.45, 7) is 5.74. The Balaban J connectivity index is 1.66. The van der Waals surface area contributed by atoms with Crippen LogP contribution in [0.5, 0.6) is 5.75 Å². The van der Waals surface area contributed by atoms with Gasteiger partial charge in [-0.15, -0.1) is 0 Å². The second kappa shape index (κ2) is 7.53. The van der Waals surface area contributed by atoms with Crippen molar-refractivity contribution in [2.75, 3.05) is 23.7 Å². The highest BCUT2D eigenvalue weighted by Gasteiger charge is 2.42. The quantitative estimate of drug-likeness (QED) is 0.474. The normalized spacial score (nSPS) is 19.5. The molecule has 32 heavy (non-hydrogen) atoms. The zero-order valence-electron chi connectivity index (χ0n) is 18.2. The van der Waals surface area contributed by atoms with Gasteiger partial charge in [-0.25, -0.2) is 4.98 Å². The van der Waals surface area contributed by atoms with Crippen LogP contribution in [0.2, 0.25) is 0 Å². The van der Waals surface area contributed by atoms with E-state index in [2.05, 4.69) is 21.3 Å². The molecule has 3 aromatic rings. The molecule has 2 unspecified atom stereocenters. The van der Waals surface area contributed by atoms with Gasteiger partial charge in [-0.2, -0.15) is 0 Å². The van der Waals surface area contributed by atoms with E-state index >= 15 is 0 Å². The van der Waals surface area contributed by atoms with Crippen LogP contribution in [0.4, 0.5) is 11.5 Å². The molecule has 2 atom stereocenters. The number of anilines is 2. The minimum Gasteiger partial charge on any atom is -0.508 e. The molecule has 2 saturated heterocycles. The van der Waals surface area contributed by atoms with E-state index in [1.54, 1.807) is 18.3 Å². The summed E-state index contributed by atoms with van der Waals surface area (Å²) in [7, 11) is 0.